The molecule has 7 nitrogen and oxygen atoms in total. The predicted molar refractivity (Wildman–Crippen MR) is 134 cm³/mol. The van der Waals surface area contributed by atoms with Crippen molar-refractivity contribution in [3.63, 3.8) is 0 Å². The van der Waals surface area contributed by atoms with Gasteiger partial charge in [0.1, 0.15) is 5.60 Å². The molecule has 1 aromatic heterocycles. The van der Waals surface area contributed by atoms with Crippen molar-refractivity contribution in [3.05, 3.63) is 75.8 Å². The number of hydrogen-bond donors (Lipinski definition) is 3. The van der Waals surface area contributed by atoms with Crippen LogP contribution in [0, 0.1) is 0 Å². The summed E-state index contributed by atoms with van der Waals surface area (Å²) in [6.07, 6.45) is 1.79. The molecule has 9 heteroatoms. The van der Waals surface area contributed by atoms with E-state index in [9.17, 15) is 9.00 Å². The zero-order chi connectivity index (χ0) is 24.0. The topological polar surface area (TPSA) is 115 Å². The normalized spacial score (nSPS) is 12.4. The predicted octanol–water partition coefficient (Wildman–Crippen LogP) is 5.17. The van der Waals surface area contributed by atoms with Crippen LogP contribution in [-0.2, 0) is 40.8 Å². The molecule has 0 fully saturated rings. The fraction of sp³-hybridized carbons (Fsp3) is 0.333. The summed E-state index contributed by atoms with van der Waals surface area (Å²) in [4.78, 5) is 17.5. The molecule has 3 rings (SSSR count). The molecule has 0 saturated heterocycles. The molecule has 4 N–H and O–H groups in total. The maximum atomic E-state index is 11.9. The Labute approximate surface area is 200 Å². The summed E-state index contributed by atoms with van der Waals surface area (Å²) in [6, 6.07) is 15.4. The Bertz CT molecular complexity index is 1100. The average Bonchev–Trinajstić information content (AvgIpc) is 3.06. The van der Waals surface area contributed by atoms with Gasteiger partial charge in [-0.1, -0.05) is 36.4 Å². The fourth-order valence-corrected chi connectivity index (χ4v) is 4.65. The van der Waals surface area contributed by atoms with E-state index in [1.165, 1.54) is 11.3 Å². The maximum Gasteiger partial charge on any atom is 0.412 e. The second-order valence-corrected chi connectivity index (χ2v) is 10.8. The molecule has 176 valence electrons. The molecule has 33 heavy (non-hydrogen) atoms. The molecule has 0 saturated carbocycles. The zero-order valence-corrected chi connectivity index (χ0v) is 20.6. The molecule has 0 bridgehead atoms. The maximum absolute atomic E-state index is 11.9. The van der Waals surface area contributed by atoms with Crippen molar-refractivity contribution in [2.45, 2.75) is 51.4 Å². The third kappa shape index (κ3) is 8.27. The van der Waals surface area contributed by atoms with Crippen LogP contribution in [0.5, 0.6) is 0 Å². The van der Waals surface area contributed by atoms with E-state index in [4.69, 9.17) is 15.0 Å². The molecule has 1 atom stereocenters. The summed E-state index contributed by atoms with van der Waals surface area (Å²) in [5.41, 5.74) is 10.2. The lowest BCUT2D eigenvalue weighted by Gasteiger charge is -2.19. The Morgan fingerprint density at radius 1 is 1.06 bits per heavy atom. The van der Waals surface area contributed by atoms with E-state index in [-0.39, 0.29) is 5.75 Å². The lowest BCUT2D eigenvalue weighted by Crippen LogP contribution is -2.27. The third-order valence-electron chi connectivity index (χ3n) is 4.72. The molecule has 1 unspecified atom stereocenters. The highest BCUT2D eigenvalue weighted by Gasteiger charge is 2.16. The number of carbonyl (C=O) groups excluding carboxylic acids is 1. The molecule has 2 aromatic carbocycles. The molecule has 0 spiro atoms. The van der Waals surface area contributed by atoms with Gasteiger partial charge in [-0.3, -0.25) is 5.32 Å². The van der Waals surface area contributed by atoms with Gasteiger partial charge in [-0.25, -0.2) is 14.0 Å². The molecule has 1 heterocycles. The van der Waals surface area contributed by atoms with Crippen molar-refractivity contribution in [2.75, 3.05) is 11.1 Å². The number of nitrogens with two attached hydrogens (primary N) is 1. The van der Waals surface area contributed by atoms with Crippen molar-refractivity contribution in [1.82, 2.24) is 4.98 Å². The van der Waals surface area contributed by atoms with E-state index in [0.29, 0.717) is 17.2 Å². The highest BCUT2D eigenvalue weighted by molar-refractivity contribution is 7.78. The monoisotopic (exact) mass is 487 g/mol. The minimum atomic E-state index is -1.84. The lowest BCUT2D eigenvalue weighted by molar-refractivity contribution is 0.0636. The van der Waals surface area contributed by atoms with Crippen LogP contribution in [0.4, 0.5) is 15.6 Å². The van der Waals surface area contributed by atoms with Crippen molar-refractivity contribution in [2.24, 2.45) is 0 Å². The average molecular weight is 488 g/mol. The Morgan fingerprint density at radius 3 is 2.27 bits per heavy atom. The Morgan fingerprint density at radius 2 is 1.67 bits per heavy atom. The number of amides is 1. The van der Waals surface area contributed by atoms with Gasteiger partial charge in [0, 0.05) is 17.0 Å². The third-order valence-corrected chi connectivity index (χ3v) is 6.23. The van der Waals surface area contributed by atoms with Crippen LogP contribution in [0.15, 0.2) is 48.5 Å². The van der Waals surface area contributed by atoms with Crippen LogP contribution in [0.3, 0.4) is 0 Å². The number of aromatic nitrogens is 1. The molecular weight excluding hydrogens is 458 g/mol. The lowest BCUT2D eigenvalue weighted by atomic mass is 10.0. The number of nitrogens with one attached hydrogen (secondary N) is 1. The summed E-state index contributed by atoms with van der Waals surface area (Å²) < 4.78 is 25.3. The van der Waals surface area contributed by atoms with Gasteiger partial charge in [0.2, 0.25) is 0 Å². The van der Waals surface area contributed by atoms with Gasteiger partial charge in [0.15, 0.2) is 16.2 Å². The van der Waals surface area contributed by atoms with E-state index in [0.717, 1.165) is 40.1 Å². The Kier molecular flexibility index (Phi) is 8.23. The zero-order valence-electron chi connectivity index (χ0n) is 19.0. The van der Waals surface area contributed by atoms with E-state index in [1.54, 1.807) is 0 Å². The van der Waals surface area contributed by atoms with Crippen molar-refractivity contribution >= 4 is 39.3 Å². The number of hydrogen-bond acceptors (Lipinski definition) is 6. The first kappa shape index (κ1) is 24.9. The van der Waals surface area contributed by atoms with E-state index >= 15 is 0 Å². The number of anilines is 2. The summed E-state index contributed by atoms with van der Waals surface area (Å²) in [7, 11) is 0. The van der Waals surface area contributed by atoms with E-state index < -0.39 is 22.8 Å². The van der Waals surface area contributed by atoms with Crippen LogP contribution >= 0.6 is 11.3 Å². The Balaban J connectivity index is 1.58. The minimum Gasteiger partial charge on any atom is -0.444 e. The van der Waals surface area contributed by atoms with Crippen LogP contribution in [-0.4, -0.2) is 25.4 Å². The second kappa shape index (κ2) is 10.9. The van der Waals surface area contributed by atoms with E-state index in [2.05, 4.69) is 10.3 Å². The minimum absolute atomic E-state index is 0.130. The van der Waals surface area contributed by atoms with E-state index in [1.807, 2.05) is 69.3 Å². The summed E-state index contributed by atoms with van der Waals surface area (Å²) in [6.45, 7) is 5.47. The number of benzene rings is 2. The van der Waals surface area contributed by atoms with Crippen LogP contribution < -0.4 is 11.1 Å². The first-order valence-corrected chi connectivity index (χ1v) is 12.6. The molecular formula is C24H29N3O4S2. The summed E-state index contributed by atoms with van der Waals surface area (Å²) in [5, 5.41) is 3.28. The van der Waals surface area contributed by atoms with Gasteiger partial charge in [-0.2, -0.15) is 0 Å². The number of nitrogen functional groups attached to an aromatic ring is 1. The fourth-order valence-electron chi connectivity index (χ4n) is 3.26. The standard InChI is InChI=1S/C24H29N3O4S2/c1-24(2,3)31-23(28)26-19-11-8-16(9-12-19)10-13-20-21(32-22(25)27-20)14-17-4-6-18(7-5-17)15-33(29)30/h4-9,11-12H,10,13-15H2,1-3H3,(H2,25,27)(H,26,28)(H,29,30). The first-order chi connectivity index (χ1) is 15.6. The molecule has 1 amide bonds. The van der Waals surface area contributed by atoms with Crippen LogP contribution in [0.1, 0.15) is 48.0 Å². The molecule has 0 radical (unpaired) electrons. The second-order valence-electron chi connectivity index (χ2n) is 8.70. The largest absolute Gasteiger partial charge is 0.444 e. The molecule has 0 aliphatic rings. The molecule has 0 aliphatic carbocycles. The number of thiazole rings is 1. The summed E-state index contributed by atoms with van der Waals surface area (Å²) >= 11 is -0.353. The highest BCUT2D eigenvalue weighted by Crippen LogP contribution is 2.25. The molecule has 0 aliphatic heterocycles. The van der Waals surface area contributed by atoms with Crippen molar-refractivity contribution in [3.8, 4) is 0 Å². The Hall–Kier alpha value is -2.75. The van der Waals surface area contributed by atoms with Gasteiger partial charge < -0.3 is 15.0 Å². The SMILES string of the molecule is CC(C)(C)OC(=O)Nc1ccc(CCc2nc(N)sc2Cc2ccc(CS(=O)O)cc2)cc1. The van der Waals surface area contributed by atoms with Gasteiger partial charge in [0.05, 0.1) is 11.4 Å². The smallest absolute Gasteiger partial charge is 0.412 e. The van der Waals surface area contributed by atoms with Crippen LogP contribution in [0.25, 0.3) is 0 Å². The number of ether oxygens (including phenoxy) is 1. The number of rotatable bonds is 8. The van der Waals surface area contributed by atoms with Gasteiger partial charge in [-0.05, 0) is 62.4 Å². The number of nitrogens with zero attached hydrogens (tertiary/aromatic N) is 1. The van der Waals surface area contributed by atoms with Gasteiger partial charge >= 0.3 is 6.09 Å². The number of carbonyl (C=O) groups is 1. The molecule has 3 aromatic rings. The van der Waals surface area contributed by atoms with Crippen molar-refractivity contribution < 1.29 is 18.3 Å². The van der Waals surface area contributed by atoms with Crippen LogP contribution in [0.2, 0.25) is 0 Å². The number of aryl methyl sites for hydroxylation is 2. The summed E-state index contributed by atoms with van der Waals surface area (Å²) in [5.74, 6) is 0.130. The first-order valence-electron chi connectivity index (χ1n) is 10.6. The highest BCUT2D eigenvalue weighted by atomic mass is 32.2. The van der Waals surface area contributed by atoms with Crippen molar-refractivity contribution in [1.29, 1.82) is 0 Å². The quantitative estimate of drug-likeness (QED) is 0.378. The van der Waals surface area contributed by atoms with Gasteiger partial charge in [-0.15, -0.1) is 11.3 Å². The van der Waals surface area contributed by atoms with Gasteiger partial charge in [0.25, 0.3) is 0 Å².